The minimum Gasteiger partial charge on any atom is -0.418 e. The van der Waals surface area contributed by atoms with Gasteiger partial charge in [-0.25, -0.2) is 4.52 Å². The lowest BCUT2D eigenvalue weighted by Crippen LogP contribution is -2.27. The molecule has 136 valence electrons. The van der Waals surface area contributed by atoms with Crippen molar-refractivity contribution < 1.29 is 26.5 Å². The highest BCUT2D eigenvalue weighted by atomic mass is 35.5. The molecule has 26 heavy (non-hydrogen) atoms. The van der Waals surface area contributed by atoms with Crippen molar-refractivity contribution in [2.45, 2.75) is 0 Å². The molecule has 3 rings (SSSR count). The number of rotatable bonds is 3. The number of halogens is 5. The minimum absolute atomic E-state index is 0.721. The predicted octanol–water partition coefficient (Wildman–Crippen LogP) is 5.89. The van der Waals surface area contributed by atoms with E-state index in [1.54, 1.807) is 4.74 Å². The number of aryl methyl sites for hydroxylation is 1. The van der Waals surface area contributed by atoms with Crippen molar-refractivity contribution in [3.05, 3.63) is 76.9 Å². The Labute approximate surface area is 153 Å². The van der Waals surface area contributed by atoms with Crippen molar-refractivity contribution in [1.29, 1.82) is 0 Å². The largest absolute Gasteiger partial charge is 0.673 e. The average Bonchev–Trinajstić information content (AvgIpc) is 2.94. The van der Waals surface area contributed by atoms with Gasteiger partial charge < -0.3 is 17.3 Å². The van der Waals surface area contributed by atoms with E-state index in [2.05, 4.69) is 18.2 Å². The third kappa shape index (κ3) is 6.76. The second-order valence-corrected chi connectivity index (χ2v) is 5.70. The molecule has 1 heterocycles. The van der Waals surface area contributed by atoms with E-state index in [0.717, 1.165) is 27.6 Å². The summed E-state index contributed by atoms with van der Waals surface area (Å²) in [4.78, 5) is 0. The lowest BCUT2D eigenvalue weighted by molar-refractivity contribution is -0.844. The van der Waals surface area contributed by atoms with Crippen molar-refractivity contribution in [3.63, 3.8) is 0 Å². The van der Waals surface area contributed by atoms with Crippen molar-refractivity contribution in [2.75, 3.05) is 0 Å². The smallest absolute Gasteiger partial charge is 0.418 e. The van der Waals surface area contributed by atoms with Crippen LogP contribution in [0.5, 0.6) is 0 Å². The van der Waals surface area contributed by atoms with Gasteiger partial charge in [-0.15, -0.1) is 0 Å². The molecule has 0 saturated heterocycles. The molecule has 8 heteroatoms. The highest BCUT2D eigenvalue weighted by Crippen LogP contribution is 2.22. The molecule has 0 radical (unpaired) electrons. The molecular weight excluding hydrogens is 368 g/mol. The summed E-state index contributed by atoms with van der Waals surface area (Å²) in [6.07, 6.45) is 4.11. The number of hydrogen-bond acceptors (Lipinski definition) is 1. The fourth-order valence-electron chi connectivity index (χ4n) is 2.10. The molecular formula is C18H15BClF4NO. The zero-order chi connectivity index (χ0) is 19.2. The van der Waals surface area contributed by atoms with E-state index in [9.17, 15) is 17.3 Å². The molecule has 2 aromatic carbocycles. The van der Waals surface area contributed by atoms with E-state index in [0.29, 0.717) is 0 Å². The number of aromatic nitrogens is 1. The van der Waals surface area contributed by atoms with Gasteiger partial charge in [-0.3, -0.25) is 0 Å². The fraction of sp³-hybridized carbons (Fsp3) is 0.0556. The molecule has 0 unspecified atom stereocenters. The summed E-state index contributed by atoms with van der Waals surface area (Å²) in [7, 11) is -4.11. The van der Waals surface area contributed by atoms with Gasteiger partial charge in [-0.1, -0.05) is 41.9 Å². The first kappa shape index (κ1) is 19.8. The van der Waals surface area contributed by atoms with Crippen molar-refractivity contribution in [2.24, 2.45) is 7.05 Å². The fourth-order valence-corrected chi connectivity index (χ4v) is 2.23. The first-order valence-corrected chi connectivity index (χ1v) is 7.97. The Balaban J connectivity index is 0.000000431. The molecule has 0 atom stereocenters. The van der Waals surface area contributed by atoms with Crippen LogP contribution in [0.25, 0.3) is 23.5 Å². The number of nitrogens with zero attached hydrogens (tertiary/aromatic N) is 1. The van der Waals surface area contributed by atoms with Crippen molar-refractivity contribution in [3.8, 4) is 11.3 Å². The van der Waals surface area contributed by atoms with Gasteiger partial charge >= 0.3 is 7.25 Å². The highest BCUT2D eigenvalue weighted by molar-refractivity contribution is 6.50. The number of hydrogen-bond donors (Lipinski definition) is 0. The molecule has 0 amide bonds. The van der Waals surface area contributed by atoms with Crippen LogP contribution in [0, 0.1) is 0 Å². The summed E-state index contributed by atoms with van der Waals surface area (Å²) in [6, 6.07) is 19.8. The zero-order valence-corrected chi connectivity index (χ0v) is 14.5. The lowest BCUT2D eigenvalue weighted by Gasteiger charge is -1.94. The molecule has 1 aromatic heterocycles. The maximum absolute atomic E-state index is 9.75. The normalized spacial score (nSPS) is 11.3. The van der Waals surface area contributed by atoms with E-state index in [-0.39, 0.29) is 0 Å². The molecule has 0 aliphatic heterocycles. The third-order valence-electron chi connectivity index (χ3n) is 3.25. The first-order chi connectivity index (χ1) is 12.2. The Morgan fingerprint density at radius 1 is 0.923 bits per heavy atom. The van der Waals surface area contributed by atoms with Gasteiger partial charge in [0.15, 0.2) is 7.05 Å². The van der Waals surface area contributed by atoms with Gasteiger partial charge in [-0.2, -0.15) is 0 Å². The Bertz CT molecular complexity index is 855. The molecule has 0 N–H and O–H groups in total. The predicted molar refractivity (Wildman–Crippen MR) is 95.9 cm³/mol. The SMILES string of the molecule is C[n+]1oc(-c2ccc(Cl)cc2)cc1/C=C/c1ccccc1.F[B-](F)(F)F. The van der Waals surface area contributed by atoms with Gasteiger partial charge in [0.25, 0.3) is 5.69 Å². The molecule has 0 bridgehead atoms. The summed E-state index contributed by atoms with van der Waals surface area (Å²) >= 11 is 5.91. The van der Waals surface area contributed by atoms with Crippen LogP contribution < -0.4 is 4.74 Å². The standard InChI is InChI=1S/C18H15ClNO.BF4/c1-20-17(12-7-14-5-3-2-4-6-14)13-18(21-20)15-8-10-16(19)11-9-15;2-1(3,4)5/h2-13H,1H3;/q+1;-1/b12-7+;. The van der Waals surface area contributed by atoms with Crippen LogP contribution in [0.4, 0.5) is 17.3 Å². The van der Waals surface area contributed by atoms with E-state index >= 15 is 0 Å². The Kier molecular flexibility index (Phi) is 6.63. The monoisotopic (exact) mass is 383 g/mol. The summed E-state index contributed by atoms with van der Waals surface area (Å²) < 4.78 is 46.5. The molecule has 0 aliphatic rings. The zero-order valence-electron chi connectivity index (χ0n) is 13.8. The summed E-state index contributed by atoms with van der Waals surface area (Å²) in [5.74, 6) is 0.821. The van der Waals surface area contributed by atoms with E-state index in [4.69, 9.17) is 16.1 Å². The van der Waals surface area contributed by atoms with Gasteiger partial charge in [0, 0.05) is 16.7 Å². The van der Waals surface area contributed by atoms with Crippen molar-refractivity contribution in [1.82, 2.24) is 0 Å². The van der Waals surface area contributed by atoms with Crippen LogP contribution in [0.2, 0.25) is 5.02 Å². The summed E-state index contributed by atoms with van der Waals surface area (Å²) in [6.45, 7) is 0. The van der Waals surface area contributed by atoms with Crippen LogP contribution in [0.1, 0.15) is 11.3 Å². The van der Waals surface area contributed by atoms with Crippen LogP contribution >= 0.6 is 11.6 Å². The molecule has 3 aromatic rings. The van der Waals surface area contributed by atoms with Gasteiger partial charge in [-0.05, 0) is 40.6 Å². The van der Waals surface area contributed by atoms with Crippen molar-refractivity contribution >= 4 is 31.0 Å². The highest BCUT2D eigenvalue weighted by Gasteiger charge is 2.20. The summed E-state index contributed by atoms with van der Waals surface area (Å²) in [5, 5.41) is 0.721. The second-order valence-electron chi connectivity index (χ2n) is 5.27. The van der Waals surface area contributed by atoms with E-state index in [1.165, 1.54) is 0 Å². The molecule has 0 saturated carbocycles. The summed E-state index contributed by atoms with van der Waals surface area (Å²) in [5.41, 5.74) is 3.17. The van der Waals surface area contributed by atoms with Crippen LogP contribution in [0.3, 0.4) is 0 Å². The van der Waals surface area contributed by atoms with Crippen LogP contribution in [-0.4, -0.2) is 7.25 Å². The maximum atomic E-state index is 9.75. The van der Waals surface area contributed by atoms with E-state index < -0.39 is 7.25 Å². The number of benzene rings is 2. The second kappa shape index (κ2) is 8.71. The topological polar surface area (TPSA) is 17.0 Å². The van der Waals surface area contributed by atoms with Gasteiger partial charge in [0.05, 0.1) is 6.07 Å². The Hall–Kier alpha value is -2.54. The molecule has 0 spiro atoms. The quantitative estimate of drug-likeness (QED) is 0.313. The van der Waals surface area contributed by atoms with Crippen LogP contribution in [0.15, 0.2) is 65.2 Å². The molecule has 0 fully saturated rings. The van der Waals surface area contributed by atoms with Gasteiger partial charge in [0.1, 0.15) is 0 Å². The molecule has 2 nitrogen and oxygen atoms in total. The lowest BCUT2D eigenvalue weighted by atomic mass is 10.1. The third-order valence-corrected chi connectivity index (χ3v) is 3.50. The molecule has 0 aliphatic carbocycles. The average molecular weight is 384 g/mol. The maximum Gasteiger partial charge on any atom is 0.673 e. The van der Waals surface area contributed by atoms with Gasteiger partial charge in [0.2, 0.25) is 5.76 Å². The first-order valence-electron chi connectivity index (χ1n) is 7.59. The minimum atomic E-state index is -6.00. The Morgan fingerprint density at radius 3 is 2.08 bits per heavy atom. The van der Waals surface area contributed by atoms with E-state index in [1.807, 2.05) is 61.7 Å². The Morgan fingerprint density at radius 2 is 1.50 bits per heavy atom. The van der Waals surface area contributed by atoms with Crippen LogP contribution in [-0.2, 0) is 7.05 Å².